The van der Waals surface area contributed by atoms with E-state index >= 15 is 0 Å². The van der Waals surface area contributed by atoms with E-state index in [0.29, 0.717) is 0 Å². The zero-order valence-corrected chi connectivity index (χ0v) is 11.7. The largest absolute Gasteiger partial charge is 3.00 e. The number of hydrogen-bond donors (Lipinski definition) is 1. The third-order valence-corrected chi connectivity index (χ3v) is 2.21. The van der Waals surface area contributed by atoms with E-state index in [1.54, 1.807) is 0 Å². The molecule has 0 bridgehead atoms. The number of carboxylic acids is 3. The summed E-state index contributed by atoms with van der Waals surface area (Å²) >= 11 is 0. The first-order chi connectivity index (χ1) is 8.85. The molecule has 0 amide bonds. The zero-order valence-electron chi connectivity index (χ0n) is 10.6. The fourth-order valence-corrected chi connectivity index (χ4v) is 1.46. The normalized spacial score (nSPS) is 10.3. The van der Waals surface area contributed by atoms with Crippen molar-refractivity contribution >= 4 is 17.9 Å². The molecule has 1 N–H and O–H groups in total. The van der Waals surface area contributed by atoms with Gasteiger partial charge >= 0.3 is 17.1 Å². The predicted molar refractivity (Wildman–Crippen MR) is 55.0 cm³/mol. The van der Waals surface area contributed by atoms with Crippen LogP contribution in [0.4, 0.5) is 0 Å². The topological polar surface area (TPSA) is 147 Å². The molecule has 0 aliphatic heterocycles. The molecule has 0 aromatic heterocycles. The Morgan fingerprint density at radius 3 is 1.45 bits per heavy atom. The van der Waals surface area contributed by atoms with Gasteiger partial charge in [-0.3, -0.25) is 9.80 Å². The van der Waals surface area contributed by atoms with Crippen LogP contribution >= 0.6 is 0 Å². The minimum Gasteiger partial charge on any atom is -0.549 e. The van der Waals surface area contributed by atoms with Crippen molar-refractivity contribution in [2.75, 3.05) is 45.9 Å². The molecule has 0 aliphatic carbocycles. The van der Waals surface area contributed by atoms with Crippen LogP contribution in [0.5, 0.6) is 0 Å². The molecule has 0 aromatic rings. The number of aliphatic carboxylic acids is 3. The SMILES string of the molecule is O=C([O-])CN(CCO)CCN(CC(=O)[O-])CC(=O)[O-].[Fe+3]. The van der Waals surface area contributed by atoms with Crippen LogP contribution in [-0.4, -0.2) is 78.7 Å². The molecule has 0 atom stereocenters. The van der Waals surface area contributed by atoms with Gasteiger partial charge in [0.15, 0.2) is 0 Å². The standard InChI is InChI=1S/C10H18N2O7.Fe/c13-4-3-11(5-8(14)15)1-2-12(6-9(16)17)7-10(18)19;/h13H,1-7H2,(H,14,15)(H,16,17)(H,18,19);/q;+3/p-3. The Labute approximate surface area is 126 Å². The molecule has 9 nitrogen and oxygen atoms in total. The van der Waals surface area contributed by atoms with E-state index < -0.39 is 37.5 Å². The summed E-state index contributed by atoms with van der Waals surface area (Å²) in [6.45, 7) is -1.83. The summed E-state index contributed by atoms with van der Waals surface area (Å²) in [7, 11) is 0. The van der Waals surface area contributed by atoms with Crippen LogP contribution in [0.3, 0.4) is 0 Å². The third-order valence-electron chi connectivity index (χ3n) is 2.21. The molecule has 20 heavy (non-hydrogen) atoms. The van der Waals surface area contributed by atoms with E-state index in [4.69, 9.17) is 5.11 Å². The fraction of sp³-hybridized carbons (Fsp3) is 0.700. The first-order valence-corrected chi connectivity index (χ1v) is 5.50. The number of carbonyl (C=O) groups excluding carboxylic acids is 3. The van der Waals surface area contributed by atoms with E-state index in [1.807, 2.05) is 0 Å². The molecule has 1 radical (unpaired) electrons. The molecule has 0 unspecified atom stereocenters. The second kappa shape index (κ2) is 11.6. The van der Waals surface area contributed by atoms with Crippen LogP contribution in [-0.2, 0) is 31.5 Å². The Hall–Kier alpha value is -1.19. The quantitative estimate of drug-likeness (QED) is 0.365. The number of rotatable bonds is 11. The molecule has 0 heterocycles. The van der Waals surface area contributed by atoms with Gasteiger partial charge in [-0.25, -0.2) is 0 Å². The number of aliphatic hydroxyl groups is 1. The van der Waals surface area contributed by atoms with Gasteiger partial charge in [0.2, 0.25) is 0 Å². The Bertz CT molecular complexity index is 311. The molecule has 115 valence electrons. The average Bonchev–Trinajstić information content (AvgIpc) is 2.23. The van der Waals surface area contributed by atoms with Gasteiger partial charge in [0, 0.05) is 39.3 Å². The second-order valence-corrected chi connectivity index (χ2v) is 3.83. The summed E-state index contributed by atoms with van der Waals surface area (Å²) in [5.74, 6) is -4.25. The molecule has 0 aromatic carbocycles. The van der Waals surface area contributed by atoms with E-state index in [1.165, 1.54) is 4.90 Å². The van der Waals surface area contributed by atoms with E-state index in [0.717, 1.165) is 4.90 Å². The first kappa shape index (κ1) is 21.1. The number of nitrogens with zero attached hydrogens (tertiary/aromatic N) is 2. The molecule has 0 fully saturated rings. The Balaban J connectivity index is 0. The maximum Gasteiger partial charge on any atom is 3.00 e. The molecule has 10 heteroatoms. The maximum atomic E-state index is 10.4. The van der Waals surface area contributed by atoms with Crippen molar-refractivity contribution in [3.8, 4) is 0 Å². The molecule has 0 rings (SSSR count). The summed E-state index contributed by atoms with van der Waals surface area (Å²) < 4.78 is 0. The van der Waals surface area contributed by atoms with Crippen molar-refractivity contribution in [2.24, 2.45) is 0 Å². The molecule has 0 saturated heterocycles. The Morgan fingerprint density at radius 2 is 1.10 bits per heavy atom. The molecule has 0 spiro atoms. The number of carboxylic acid groups (broad SMARTS) is 3. The molecule has 0 aliphatic rings. The smallest absolute Gasteiger partial charge is 0.549 e. The van der Waals surface area contributed by atoms with Gasteiger partial charge in [-0.05, 0) is 0 Å². The fourth-order valence-electron chi connectivity index (χ4n) is 1.46. The van der Waals surface area contributed by atoms with E-state index in [2.05, 4.69) is 0 Å². The minimum atomic E-state index is -1.45. The van der Waals surface area contributed by atoms with Gasteiger partial charge in [0.1, 0.15) is 0 Å². The second-order valence-electron chi connectivity index (χ2n) is 3.83. The summed E-state index contributed by atoms with van der Waals surface area (Å²) in [5.41, 5.74) is 0. The van der Waals surface area contributed by atoms with Crippen molar-refractivity contribution in [1.82, 2.24) is 9.80 Å². The van der Waals surface area contributed by atoms with Crippen LogP contribution in [0.25, 0.3) is 0 Å². The molecule has 0 saturated carbocycles. The van der Waals surface area contributed by atoms with Gasteiger partial charge in [0.25, 0.3) is 0 Å². The van der Waals surface area contributed by atoms with Gasteiger partial charge in [0.05, 0.1) is 24.5 Å². The van der Waals surface area contributed by atoms with E-state index in [-0.39, 0.29) is 43.3 Å². The predicted octanol–water partition coefficient (Wildman–Crippen LogP) is -6.17. The maximum absolute atomic E-state index is 10.4. The Kier molecular flexibility index (Phi) is 12.3. The summed E-state index contributed by atoms with van der Waals surface area (Å²) in [6.07, 6.45) is 0. The van der Waals surface area contributed by atoms with Crippen LogP contribution in [0.2, 0.25) is 0 Å². The van der Waals surface area contributed by atoms with Crippen LogP contribution in [0, 0.1) is 0 Å². The summed E-state index contributed by atoms with van der Waals surface area (Å²) in [5, 5.41) is 40.0. The zero-order chi connectivity index (χ0) is 14.8. The van der Waals surface area contributed by atoms with E-state index in [9.17, 15) is 29.7 Å². The number of aliphatic hydroxyl groups excluding tert-OH is 1. The van der Waals surface area contributed by atoms with Gasteiger partial charge in [-0.1, -0.05) is 0 Å². The van der Waals surface area contributed by atoms with Crippen molar-refractivity contribution in [3.63, 3.8) is 0 Å². The first-order valence-electron chi connectivity index (χ1n) is 5.50. The monoisotopic (exact) mass is 331 g/mol. The van der Waals surface area contributed by atoms with Crippen molar-refractivity contribution in [1.29, 1.82) is 0 Å². The number of carbonyl (C=O) groups is 3. The van der Waals surface area contributed by atoms with Crippen LogP contribution in [0.1, 0.15) is 0 Å². The van der Waals surface area contributed by atoms with Gasteiger partial charge in [-0.15, -0.1) is 0 Å². The van der Waals surface area contributed by atoms with Gasteiger partial charge in [-0.2, -0.15) is 0 Å². The molecular formula is C10H15FeN2O7. The Morgan fingerprint density at radius 1 is 0.750 bits per heavy atom. The van der Waals surface area contributed by atoms with Gasteiger partial charge < -0.3 is 34.8 Å². The van der Waals surface area contributed by atoms with Crippen molar-refractivity contribution in [2.45, 2.75) is 0 Å². The summed E-state index contributed by atoms with van der Waals surface area (Å²) in [6, 6.07) is 0. The average molecular weight is 331 g/mol. The molecular weight excluding hydrogens is 316 g/mol. The minimum absolute atomic E-state index is 0. The van der Waals surface area contributed by atoms with Crippen molar-refractivity contribution in [3.05, 3.63) is 0 Å². The van der Waals surface area contributed by atoms with Crippen LogP contribution < -0.4 is 15.3 Å². The summed E-state index contributed by atoms with van der Waals surface area (Å²) in [4.78, 5) is 33.6. The third kappa shape index (κ3) is 11.9. The number of hydrogen-bond acceptors (Lipinski definition) is 9. The van der Waals surface area contributed by atoms with Crippen LogP contribution in [0.15, 0.2) is 0 Å². The van der Waals surface area contributed by atoms with Crippen molar-refractivity contribution < 1.29 is 51.9 Å².